The lowest BCUT2D eigenvalue weighted by Crippen LogP contribution is -2.20. The minimum absolute atomic E-state index is 0.228. The second-order valence-electron chi connectivity index (χ2n) is 3.65. The van der Waals surface area contributed by atoms with E-state index in [1.165, 1.54) is 12.1 Å². The first-order valence-electron chi connectivity index (χ1n) is 5.38. The van der Waals surface area contributed by atoms with E-state index in [0.29, 0.717) is 18.4 Å². The monoisotopic (exact) mass is 272 g/mol. The highest BCUT2D eigenvalue weighted by atomic mass is 19.4. The number of halogens is 3. The Labute approximate surface area is 107 Å². The quantitative estimate of drug-likeness (QED) is 0.810. The molecule has 0 aromatic heterocycles. The molecule has 4 nitrogen and oxygen atoms in total. The van der Waals surface area contributed by atoms with E-state index < -0.39 is 12.4 Å². The van der Waals surface area contributed by atoms with Crippen LogP contribution in [0, 0.1) is 11.3 Å². The Kier molecular flexibility index (Phi) is 5.18. The van der Waals surface area contributed by atoms with Crippen LogP contribution in [0.2, 0.25) is 0 Å². The van der Waals surface area contributed by atoms with E-state index in [9.17, 15) is 18.0 Å². The van der Waals surface area contributed by atoms with E-state index in [4.69, 9.17) is 5.26 Å². The van der Waals surface area contributed by atoms with Crippen molar-refractivity contribution in [2.45, 2.75) is 25.2 Å². The minimum Gasteiger partial charge on any atom is -0.406 e. The standard InChI is InChI=1S/C12H11F3N2O2/c13-12(14,15)19-10-5-3-9(4-6-10)11(17-8-18)2-1-7-16/h3-6,8,11H,1-2H2,(H,17,18). The molecule has 1 aromatic carbocycles. The predicted molar refractivity (Wildman–Crippen MR) is 59.9 cm³/mol. The van der Waals surface area contributed by atoms with Gasteiger partial charge in [0.15, 0.2) is 0 Å². The molecule has 7 heteroatoms. The van der Waals surface area contributed by atoms with Crippen LogP contribution in [0.5, 0.6) is 5.75 Å². The fourth-order valence-electron chi connectivity index (χ4n) is 1.54. The Morgan fingerprint density at radius 2 is 2.00 bits per heavy atom. The molecule has 0 saturated carbocycles. The van der Waals surface area contributed by atoms with Crippen LogP contribution >= 0.6 is 0 Å². The Morgan fingerprint density at radius 1 is 1.37 bits per heavy atom. The lowest BCUT2D eigenvalue weighted by Gasteiger charge is -2.16. The second-order valence-corrected chi connectivity index (χ2v) is 3.65. The Balaban J connectivity index is 2.77. The summed E-state index contributed by atoms with van der Waals surface area (Å²) in [7, 11) is 0. The molecule has 1 atom stereocenters. The first kappa shape index (κ1) is 14.8. The van der Waals surface area contributed by atoms with Crippen LogP contribution in [0.4, 0.5) is 13.2 Å². The third kappa shape index (κ3) is 5.29. The largest absolute Gasteiger partial charge is 0.573 e. The summed E-state index contributed by atoms with van der Waals surface area (Å²) in [6, 6.07) is 6.69. The maximum absolute atomic E-state index is 12.0. The molecule has 19 heavy (non-hydrogen) atoms. The van der Waals surface area contributed by atoms with Gasteiger partial charge in [-0.1, -0.05) is 12.1 Å². The van der Waals surface area contributed by atoms with Crippen LogP contribution in [-0.2, 0) is 4.79 Å². The predicted octanol–water partition coefficient (Wildman–Crippen LogP) is 2.68. The van der Waals surface area contributed by atoms with E-state index in [0.717, 1.165) is 12.1 Å². The van der Waals surface area contributed by atoms with Crippen LogP contribution < -0.4 is 10.1 Å². The van der Waals surface area contributed by atoms with Crippen molar-refractivity contribution in [2.75, 3.05) is 0 Å². The van der Waals surface area contributed by atoms with Crippen molar-refractivity contribution < 1.29 is 22.7 Å². The Bertz CT molecular complexity index is 452. The summed E-state index contributed by atoms with van der Waals surface area (Å²) < 4.78 is 39.6. The van der Waals surface area contributed by atoms with Crippen LogP contribution in [0.3, 0.4) is 0 Å². The maximum Gasteiger partial charge on any atom is 0.573 e. The fraction of sp³-hybridized carbons (Fsp3) is 0.333. The van der Waals surface area contributed by atoms with Crippen molar-refractivity contribution in [1.29, 1.82) is 5.26 Å². The van der Waals surface area contributed by atoms with Crippen LogP contribution in [-0.4, -0.2) is 12.8 Å². The van der Waals surface area contributed by atoms with Gasteiger partial charge >= 0.3 is 6.36 Å². The number of nitriles is 1. The van der Waals surface area contributed by atoms with Crippen molar-refractivity contribution in [3.8, 4) is 11.8 Å². The number of carbonyl (C=O) groups excluding carboxylic acids is 1. The number of benzene rings is 1. The van der Waals surface area contributed by atoms with E-state index in [2.05, 4.69) is 10.1 Å². The van der Waals surface area contributed by atoms with Gasteiger partial charge in [-0.25, -0.2) is 0 Å². The SMILES string of the molecule is N#CCCC(NC=O)c1ccc(OC(F)(F)F)cc1. The molecular weight excluding hydrogens is 261 g/mol. The van der Waals surface area contributed by atoms with Crippen molar-refractivity contribution >= 4 is 6.41 Å². The van der Waals surface area contributed by atoms with Crippen molar-refractivity contribution in [1.82, 2.24) is 5.32 Å². The minimum atomic E-state index is -4.73. The highest BCUT2D eigenvalue weighted by Crippen LogP contribution is 2.25. The van der Waals surface area contributed by atoms with E-state index >= 15 is 0 Å². The lowest BCUT2D eigenvalue weighted by atomic mass is 10.0. The second kappa shape index (κ2) is 6.64. The Hall–Kier alpha value is -2.23. The van der Waals surface area contributed by atoms with Gasteiger partial charge in [-0.15, -0.1) is 13.2 Å². The summed E-state index contributed by atoms with van der Waals surface area (Å²) in [5, 5.41) is 11.0. The van der Waals surface area contributed by atoms with Gasteiger partial charge < -0.3 is 10.1 Å². The highest BCUT2D eigenvalue weighted by molar-refractivity contribution is 5.48. The van der Waals surface area contributed by atoms with Gasteiger partial charge in [0.2, 0.25) is 6.41 Å². The van der Waals surface area contributed by atoms with E-state index in [-0.39, 0.29) is 12.2 Å². The number of carbonyl (C=O) groups is 1. The molecule has 0 heterocycles. The molecule has 0 fully saturated rings. The summed E-state index contributed by atoms with van der Waals surface area (Å²) in [4.78, 5) is 10.4. The smallest absolute Gasteiger partial charge is 0.406 e. The van der Waals surface area contributed by atoms with Crippen LogP contribution in [0.15, 0.2) is 24.3 Å². The molecule has 1 aromatic rings. The molecular formula is C12H11F3N2O2. The molecule has 0 aliphatic rings. The van der Waals surface area contributed by atoms with Gasteiger partial charge in [0.25, 0.3) is 0 Å². The van der Waals surface area contributed by atoms with Crippen LogP contribution in [0.25, 0.3) is 0 Å². The molecule has 0 aliphatic heterocycles. The maximum atomic E-state index is 12.0. The summed E-state index contributed by atoms with van der Waals surface area (Å²) in [5.74, 6) is -0.332. The van der Waals surface area contributed by atoms with Gasteiger partial charge in [0.05, 0.1) is 12.1 Å². The van der Waals surface area contributed by atoms with Gasteiger partial charge in [-0.05, 0) is 24.1 Å². The first-order chi connectivity index (χ1) is 8.96. The number of alkyl halides is 3. The summed E-state index contributed by atoms with van der Waals surface area (Å²) >= 11 is 0. The van der Waals surface area contributed by atoms with Gasteiger partial charge in [-0.2, -0.15) is 5.26 Å². The zero-order valence-electron chi connectivity index (χ0n) is 9.78. The zero-order valence-corrected chi connectivity index (χ0v) is 9.78. The van der Waals surface area contributed by atoms with Crippen molar-refractivity contribution in [3.05, 3.63) is 29.8 Å². The molecule has 1 unspecified atom stereocenters. The topological polar surface area (TPSA) is 62.1 Å². The van der Waals surface area contributed by atoms with Crippen molar-refractivity contribution in [3.63, 3.8) is 0 Å². The molecule has 1 rings (SSSR count). The molecule has 0 bridgehead atoms. The molecule has 0 saturated heterocycles. The summed E-state index contributed by atoms with van der Waals surface area (Å²) in [6.07, 6.45) is -3.63. The third-order valence-electron chi connectivity index (χ3n) is 2.33. The molecule has 0 aliphatic carbocycles. The highest BCUT2D eigenvalue weighted by Gasteiger charge is 2.31. The fourth-order valence-corrected chi connectivity index (χ4v) is 1.54. The van der Waals surface area contributed by atoms with E-state index in [1.807, 2.05) is 6.07 Å². The van der Waals surface area contributed by atoms with Gasteiger partial charge in [0.1, 0.15) is 5.75 Å². The number of nitrogens with one attached hydrogen (secondary N) is 1. The number of hydrogen-bond donors (Lipinski definition) is 1. The first-order valence-corrected chi connectivity index (χ1v) is 5.38. The number of nitrogens with zero attached hydrogens (tertiary/aromatic N) is 1. The average molecular weight is 272 g/mol. The van der Waals surface area contributed by atoms with Gasteiger partial charge in [-0.3, -0.25) is 4.79 Å². The molecule has 1 amide bonds. The average Bonchev–Trinajstić information content (AvgIpc) is 2.34. The van der Waals surface area contributed by atoms with Crippen molar-refractivity contribution in [2.24, 2.45) is 0 Å². The number of rotatable bonds is 6. The molecule has 0 spiro atoms. The molecule has 1 N–H and O–H groups in total. The lowest BCUT2D eigenvalue weighted by molar-refractivity contribution is -0.274. The number of ether oxygens (including phenoxy) is 1. The summed E-state index contributed by atoms with van der Waals surface area (Å²) in [6.45, 7) is 0. The Morgan fingerprint density at radius 3 is 2.47 bits per heavy atom. The third-order valence-corrected chi connectivity index (χ3v) is 2.33. The van der Waals surface area contributed by atoms with E-state index in [1.54, 1.807) is 0 Å². The van der Waals surface area contributed by atoms with Gasteiger partial charge in [0, 0.05) is 6.42 Å². The normalized spacial score (nSPS) is 12.3. The zero-order chi connectivity index (χ0) is 14.3. The molecule has 102 valence electrons. The molecule has 0 radical (unpaired) electrons. The number of hydrogen-bond acceptors (Lipinski definition) is 3. The van der Waals surface area contributed by atoms with Crippen LogP contribution in [0.1, 0.15) is 24.4 Å². The summed E-state index contributed by atoms with van der Waals surface area (Å²) in [5.41, 5.74) is 0.608. The number of amides is 1.